The van der Waals surface area contributed by atoms with Crippen LogP contribution >= 0.6 is 11.8 Å². The number of aliphatic hydroxyl groups excluding tert-OH is 1. The summed E-state index contributed by atoms with van der Waals surface area (Å²) >= 11 is 1.59. The summed E-state index contributed by atoms with van der Waals surface area (Å²) in [5.41, 5.74) is 0. The second-order valence-electron chi connectivity index (χ2n) is 4.60. The van der Waals surface area contributed by atoms with Gasteiger partial charge in [-0.05, 0) is 26.0 Å². The Bertz CT molecular complexity index is 227. The molecule has 0 bridgehead atoms. The lowest BCUT2D eigenvalue weighted by molar-refractivity contribution is 0.193. The van der Waals surface area contributed by atoms with E-state index in [9.17, 15) is 9.90 Å². The molecule has 5 heteroatoms. The molecule has 2 amide bonds. The quantitative estimate of drug-likeness (QED) is 0.808. The molecule has 1 aliphatic heterocycles. The molecule has 100 valence electrons. The van der Waals surface area contributed by atoms with Crippen molar-refractivity contribution >= 4 is 17.8 Å². The lowest BCUT2D eigenvalue weighted by atomic mass is 10.2. The number of nitrogens with one attached hydrogen (secondary N) is 1. The Morgan fingerprint density at radius 3 is 2.41 bits per heavy atom. The first-order valence-electron chi connectivity index (χ1n) is 6.38. The maximum atomic E-state index is 12.0. The summed E-state index contributed by atoms with van der Waals surface area (Å²) in [6.07, 6.45) is 6.61. The average Bonchev–Trinajstić information content (AvgIpc) is 2.59. The second kappa shape index (κ2) is 7.82. The Hall–Kier alpha value is -0.420. The van der Waals surface area contributed by atoms with Gasteiger partial charge in [-0.15, -0.1) is 0 Å². The first-order chi connectivity index (χ1) is 8.19. The van der Waals surface area contributed by atoms with Gasteiger partial charge in [0.15, 0.2) is 0 Å². The van der Waals surface area contributed by atoms with Gasteiger partial charge in [0.1, 0.15) is 0 Å². The molecule has 17 heavy (non-hydrogen) atoms. The van der Waals surface area contributed by atoms with Crippen molar-refractivity contribution in [1.82, 2.24) is 10.2 Å². The van der Waals surface area contributed by atoms with Gasteiger partial charge in [0, 0.05) is 24.4 Å². The number of hydrogen-bond acceptors (Lipinski definition) is 3. The summed E-state index contributed by atoms with van der Waals surface area (Å²) < 4.78 is 0. The molecule has 2 N–H and O–H groups in total. The van der Waals surface area contributed by atoms with Gasteiger partial charge in [0.25, 0.3) is 0 Å². The fourth-order valence-electron chi connectivity index (χ4n) is 2.09. The Morgan fingerprint density at radius 2 is 1.94 bits per heavy atom. The first-order valence-corrected chi connectivity index (χ1v) is 7.67. The number of likely N-dealkylation sites (tertiary alicyclic amines) is 1. The van der Waals surface area contributed by atoms with Crippen molar-refractivity contribution in [1.29, 1.82) is 0 Å². The van der Waals surface area contributed by atoms with E-state index in [1.165, 1.54) is 12.8 Å². The summed E-state index contributed by atoms with van der Waals surface area (Å²) in [7, 11) is 0. The van der Waals surface area contributed by atoms with Crippen molar-refractivity contribution in [2.75, 3.05) is 26.0 Å². The molecule has 2 unspecified atom stereocenters. The molecule has 0 aromatic rings. The molecule has 1 rings (SSSR count). The highest BCUT2D eigenvalue weighted by Crippen LogP contribution is 2.12. The second-order valence-corrected chi connectivity index (χ2v) is 5.67. The van der Waals surface area contributed by atoms with Crippen molar-refractivity contribution in [2.45, 2.75) is 43.9 Å². The van der Waals surface area contributed by atoms with Crippen molar-refractivity contribution in [3.63, 3.8) is 0 Å². The van der Waals surface area contributed by atoms with E-state index in [1.807, 2.05) is 18.1 Å². The van der Waals surface area contributed by atoms with Crippen molar-refractivity contribution in [2.24, 2.45) is 0 Å². The average molecular weight is 260 g/mol. The summed E-state index contributed by atoms with van der Waals surface area (Å²) in [6.45, 7) is 3.78. The highest BCUT2D eigenvalue weighted by atomic mass is 32.2. The van der Waals surface area contributed by atoms with Gasteiger partial charge >= 0.3 is 6.03 Å². The van der Waals surface area contributed by atoms with Gasteiger partial charge < -0.3 is 15.3 Å². The lowest BCUT2D eigenvalue weighted by Crippen LogP contribution is -2.48. The number of nitrogens with zero attached hydrogens (tertiary/aromatic N) is 1. The van der Waals surface area contributed by atoms with E-state index in [0.717, 1.165) is 25.9 Å². The van der Waals surface area contributed by atoms with Crippen molar-refractivity contribution in [3.05, 3.63) is 0 Å². The van der Waals surface area contributed by atoms with Gasteiger partial charge in [-0.2, -0.15) is 11.8 Å². The molecular formula is C12H24N2O2S. The predicted molar refractivity (Wildman–Crippen MR) is 72.4 cm³/mol. The zero-order chi connectivity index (χ0) is 12.7. The normalized spacial score (nSPS) is 20.5. The van der Waals surface area contributed by atoms with Gasteiger partial charge in [-0.25, -0.2) is 4.79 Å². The topological polar surface area (TPSA) is 52.6 Å². The minimum Gasteiger partial charge on any atom is -0.395 e. The molecule has 0 radical (unpaired) electrons. The largest absolute Gasteiger partial charge is 0.395 e. The Labute approximate surface area is 108 Å². The minimum atomic E-state index is 0.00533. The molecule has 0 aromatic carbocycles. The van der Waals surface area contributed by atoms with Crippen LogP contribution in [0.2, 0.25) is 0 Å². The molecule has 1 saturated heterocycles. The smallest absolute Gasteiger partial charge is 0.317 e. The number of urea groups is 1. The molecule has 0 saturated carbocycles. The van der Waals surface area contributed by atoms with Crippen LogP contribution in [0.5, 0.6) is 0 Å². The van der Waals surface area contributed by atoms with Gasteiger partial charge in [0.05, 0.1) is 6.61 Å². The Kier molecular flexibility index (Phi) is 6.73. The molecule has 1 heterocycles. The molecule has 1 fully saturated rings. The SMILES string of the molecule is CSC(CO)C(C)NC(=O)N1CCCCCC1. The van der Waals surface area contributed by atoms with Crippen LogP contribution in [0.3, 0.4) is 0 Å². The first kappa shape index (κ1) is 14.6. The minimum absolute atomic E-state index is 0.00533. The number of carbonyl (C=O) groups is 1. The molecule has 0 spiro atoms. The molecule has 0 aromatic heterocycles. The molecule has 2 atom stereocenters. The number of amides is 2. The van der Waals surface area contributed by atoms with Crippen LogP contribution in [0.15, 0.2) is 0 Å². The van der Waals surface area contributed by atoms with Crippen molar-refractivity contribution < 1.29 is 9.90 Å². The van der Waals surface area contributed by atoms with Crippen LogP contribution in [0, 0.1) is 0 Å². The van der Waals surface area contributed by atoms with E-state index in [2.05, 4.69) is 5.32 Å². The van der Waals surface area contributed by atoms with Crippen LogP contribution in [-0.4, -0.2) is 53.3 Å². The Morgan fingerprint density at radius 1 is 1.35 bits per heavy atom. The van der Waals surface area contributed by atoms with E-state index in [0.29, 0.717) is 0 Å². The zero-order valence-electron chi connectivity index (χ0n) is 10.8. The zero-order valence-corrected chi connectivity index (χ0v) is 11.6. The molecular weight excluding hydrogens is 236 g/mol. The highest BCUT2D eigenvalue weighted by Gasteiger charge is 2.21. The highest BCUT2D eigenvalue weighted by molar-refractivity contribution is 7.99. The fourth-order valence-corrected chi connectivity index (χ4v) is 2.71. The van der Waals surface area contributed by atoms with Crippen LogP contribution in [-0.2, 0) is 0 Å². The third kappa shape index (κ3) is 4.76. The van der Waals surface area contributed by atoms with E-state index < -0.39 is 0 Å². The maximum Gasteiger partial charge on any atom is 0.317 e. The molecule has 4 nitrogen and oxygen atoms in total. The van der Waals surface area contributed by atoms with Gasteiger partial charge in [0.2, 0.25) is 0 Å². The van der Waals surface area contributed by atoms with E-state index in [4.69, 9.17) is 0 Å². The van der Waals surface area contributed by atoms with Crippen molar-refractivity contribution in [3.8, 4) is 0 Å². The maximum absolute atomic E-state index is 12.0. The van der Waals surface area contributed by atoms with Crippen LogP contribution in [0.4, 0.5) is 4.79 Å². The third-order valence-electron chi connectivity index (χ3n) is 3.28. The van der Waals surface area contributed by atoms with Crippen LogP contribution < -0.4 is 5.32 Å². The van der Waals surface area contributed by atoms with Crippen LogP contribution in [0.25, 0.3) is 0 Å². The predicted octanol–water partition coefficient (Wildman–Crippen LogP) is 1.68. The lowest BCUT2D eigenvalue weighted by Gasteiger charge is -2.26. The monoisotopic (exact) mass is 260 g/mol. The third-order valence-corrected chi connectivity index (χ3v) is 4.45. The number of aliphatic hydroxyl groups is 1. The number of carbonyl (C=O) groups excluding carboxylic acids is 1. The fraction of sp³-hybridized carbons (Fsp3) is 0.917. The number of rotatable bonds is 4. The van der Waals surface area contributed by atoms with Crippen LogP contribution in [0.1, 0.15) is 32.6 Å². The Balaban J connectivity index is 2.41. The number of thioether (sulfide) groups is 1. The summed E-state index contributed by atoms with van der Waals surface area (Å²) in [4.78, 5) is 13.9. The summed E-state index contributed by atoms with van der Waals surface area (Å²) in [5, 5.41) is 12.2. The molecule has 1 aliphatic rings. The summed E-state index contributed by atoms with van der Waals surface area (Å²) in [5.74, 6) is 0. The van der Waals surface area contributed by atoms with Gasteiger partial charge in [-0.1, -0.05) is 12.8 Å². The molecule has 0 aliphatic carbocycles. The van der Waals surface area contributed by atoms with Gasteiger partial charge in [-0.3, -0.25) is 0 Å². The summed E-state index contributed by atoms with van der Waals surface area (Å²) in [6, 6.07) is 0.0256. The standard InChI is InChI=1S/C12H24N2O2S/c1-10(11(9-15)17-2)13-12(16)14-7-5-3-4-6-8-14/h10-11,15H,3-9H2,1-2H3,(H,13,16). The van der Waals surface area contributed by atoms with E-state index in [-0.39, 0.29) is 23.9 Å². The van der Waals surface area contributed by atoms with E-state index >= 15 is 0 Å². The number of hydrogen-bond donors (Lipinski definition) is 2. The van der Waals surface area contributed by atoms with E-state index in [1.54, 1.807) is 11.8 Å².